The van der Waals surface area contributed by atoms with Crippen LogP contribution in [0.3, 0.4) is 0 Å². The Morgan fingerprint density at radius 3 is 2.45 bits per heavy atom. The molecule has 2 heterocycles. The van der Waals surface area contributed by atoms with Crippen molar-refractivity contribution in [2.24, 2.45) is 0 Å². The van der Waals surface area contributed by atoms with E-state index in [0.29, 0.717) is 23.5 Å². The molecule has 0 radical (unpaired) electrons. The molecule has 7 nitrogen and oxygen atoms in total. The lowest BCUT2D eigenvalue weighted by atomic mass is 9.73. The predicted molar refractivity (Wildman–Crippen MR) is 110 cm³/mol. The van der Waals surface area contributed by atoms with Crippen LogP contribution in [-0.4, -0.2) is 30.7 Å². The summed E-state index contributed by atoms with van der Waals surface area (Å²) < 4.78 is 11.0. The second-order valence-corrected chi connectivity index (χ2v) is 7.09. The number of benzene rings is 2. The van der Waals surface area contributed by atoms with Crippen LogP contribution >= 0.6 is 0 Å². The van der Waals surface area contributed by atoms with Gasteiger partial charge in [0.2, 0.25) is 0 Å². The largest absolute Gasteiger partial charge is 0.493 e. The van der Waals surface area contributed by atoms with Crippen molar-refractivity contribution in [1.82, 2.24) is 15.3 Å². The normalized spacial score (nSPS) is 18.1. The molecule has 1 atom stereocenters. The molecule has 0 saturated carbocycles. The van der Waals surface area contributed by atoms with Crippen molar-refractivity contribution in [2.75, 3.05) is 20.8 Å². The van der Waals surface area contributed by atoms with Gasteiger partial charge in [0.15, 0.2) is 11.5 Å². The Morgan fingerprint density at radius 1 is 1.03 bits per heavy atom. The van der Waals surface area contributed by atoms with Gasteiger partial charge in [-0.15, -0.1) is 0 Å². The molecule has 2 aromatic carbocycles. The van der Waals surface area contributed by atoms with Crippen LogP contribution in [0.2, 0.25) is 0 Å². The van der Waals surface area contributed by atoms with Crippen molar-refractivity contribution in [3.05, 3.63) is 91.8 Å². The van der Waals surface area contributed by atoms with Crippen molar-refractivity contribution < 1.29 is 9.47 Å². The summed E-state index contributed by atoms with van der Waals surface area (Å²) in [6.07, 6.45) is 2.68. The topological polar surface area (TPSA) is 96.2 Å². The quantitative estimate of drug-likeness (QED) is 0.613. The third kappa shape index (κ3) is 3.34. The fraction of sp³-hybridized carbons (Fsp3) is 0.273. The second kappa shape index (κ2) is 7.60. The highest BCUT2D eigenvalue weighted by atomic mass is 16.5. The van der Waals surface area contributed by atoms with E-state index >= 15 is 0 Å². The smallest absolute Gasteiger partial charge is 0.325 e. The number of hydrogen-bond donors (Lipinski definition) is 3. The van der Waals surface area contributed by atoms with E-state index < -0.39 is 16.8 Å². The molecule has 0 aliphatic carbocycles. The number of nitrogens with one attached hydrogen (secondary N) is 3. The first-order chi connectivity index (χ1) is 14.1. The van der Waals surface area contributed by atoms with Gasteiger partial charge in [0.05, 0.1) is 19.8 Å². The van der Waals surface area contributed by atoms with Gasteiger partial charge in [-0.3, -0.25) is 9.78 Å². The van der Waals surface area contributed by atoms with Crippen LogP contribution in [0.5, 0.6) is 11.5 Å². The first-order valence-electron chi connectivity index (χ1n) is 9.44. The summed E-state index contributed by atoms with van der Waals surface area (Å²) in [5.74, 6) is 1.31. The van der Waals surface area contributed by atoms with Gasteiger partial charge >= 0.3 is 5.69 Å². The van der Waals surface area contributed by atoms with Crippen LogP contribution in [-0.2, 0) is 18.4 Å². The van der Waals surface area contributed by atoms with E-state index in [1.54, 1.807) is 14.2 Å². The molecule has 1 aromatic heterocycles. The highest BCUT2D eigenvalue weighted by Crippen LogP contribution is 2.42. The molecule has 0 amide bonds. The Morgan fingerprint density at radius 2 is 1.76 bits per heavy atom. The van der Waals surface area contributed by atoms with Gasteiger partial charge in [-0.25, -0.2) is 4.79 Å². The van der Waals surface area contributed by atoms with Crippen molar-refractivity contribution in [1.29, 1.82) is 0 Å². The van der Waals surface area contributed by atoms with Crippen molar-refractivity contribution in [3.8, 4) is 11.5 Å². The van der Waals surface area contributed by atoms with E-state index in [1.165, 1.54) is 6.20 Å². The number of fused-ring (bicyclic) bond motifs is 1. The molecule has 1 aliphatic rings. The van der Waals surface area contributed by atoms with E-state index in [9.17, 15) is 9.59 Å². The predicted octanol–water partition coefficient (Wildman–Crippen LogP) is 1.71. The Labute approximate surface area is 167 Å². The second-order valence-electron chi connectivity index (χ2n) is 7.09. The maximum absolute atomic E-state index is 12.5. The molecule has 0 fully saturated rings. The molecular weight excluding hydrogens is 370 g/mol. The Balaban J connectivity index is 1.96. The minimum atomic E-state index is -0.653. The summed E-state index contributed by atoms with van der Waals surface area (Å²) in [4.78, 5) is 28.9. The molecule has 1 aliphatic heterocycles. The van der Waals surface area contributed by atoms with E-state index in [0.717, 1.165) is 29.7 Å². The fourth-order valence-electron chi connectivity index (χ4n) is 4.13. The number of aromatic nitrogens is 2. The third-order valence-corrected chi connectivity index (χ3v) is 5.51. The van der Waals surface area contributed by atoms with Gasteiger partial charge < -0.3 is 19.8 Å². The number of ether oxygens (including phenoxy) is 2. The van der Waals surface area contributed by atoms with E-state index in [1.807, 2.05) is 42.5 Å². The van der Waals surface area contributed by atoms with Crippen LogP contribution < -0.4 is 26.0 Å². The Hall–Kier alpha value is -3.32. The average Bonchev–Trinajstić information content (AvgIpc) is 2.75. The summed E-state index contributed by atoms with van der Waals surface area (Å²) in [5, 5.41) is 3.64. The molecule has 29 heavy (non-hydrogen) atoms. The number of hydrogen-bond acceptors (Lipinski definition) is 5. The zero-order valence-corrected chi connectivity index (χ0v) is 16.4. The molecular formula is C22H23N3O4. The summed E-state index contributed by atoms with van der Waals surface area (Å²) in [6, 6.07) is 14.0. The molecule has 3 aromatic rings. The molecule has 150 valence electrons. The van der Waals surface area contributed by atoms with Gasteiger partial charge in [0.25, 0.3) is 5.56 Å². The first-order valence-corrected chi connectivity index (χ1v) is 9.44. The van der Waals surface area contributed by atoms with Crippen LogP contribution in [0.15, 0.2) is 58.3 Å². The SMILES string of the molecule is COc1cc2c(cc1OC)C(Cc1c[nH]c(=O)[nH]c1=O)(c1ccccc1)NCC2. The summed E-state index contributed by atoms with van der Waals surface area (Å²) >= 11 is 0. The molecule has 0 bridgehead atoms. The Bertz CT molecular complexity index is 1140. The maximum Gasteiger partial charge on any atom is 0.325 e. The number of methoxy groups -OCH3 is 2. The summed E-state index contributed by atoms with van der Waals surface area (Å²) in [5.41, 5.74) is 2.11. The zero-order chi connectivity index (χ0) is 20.4. The molecule has 0 spiro atoms. The fourth-order valence-corrected chi connectivity index (χ4v) is 4.13. The molecule has 1 unspecified atom stereocenters. The van der Waals surface area contributed by atoms with Crippen molar-refractivity contribution in [3.63, 3.8) is 0 Å². The van der Waals surface area contributed by atoms with Crippen LogP contribution in [0, 0.1) is 0 Å². The van der Waals surface area contributed by atoms with Gasteiger partial charge in [-0.1, -0.05) is 30.3 Å². The van der Waals surface area contributed by atoms with Crippen LogP contribution in [0.25, 0.3) is 0 Å². The van der Waals surface area contributed by atoms with Gasteiger partial charge in [0.1, 0.15) is 0 Å². The number of rotatable bonds is 5. The van der Waals surface area contributed by atoms with E-state index in [-0.39, 0.29) is 0 Å². The van der Waals surface area contributed by atoms with Gasteiger partial charge in [-0.05, 0) is 35.2 Å². The lowest BCUT2D eigenvalue weighted by Gasteiger charge is -2.41. The van der Waals surface area contributed by atoms with Crippen LogP contribution in [0.4, 0.5) is 0 Å². The van der Waals surface area contributed by atoms with E-state index in [2.05, 4.69) is 15.3 Å². The highest BCUT2D eigenvalue weighted by molar-refractivity contribution is 5.54. The van der Waals surface area contributed by atoms with Crippen LogP contribution in [0.1, 0.15) is 22.3 Å². The minimum Gasteiger partial charge on any atom is -0.493 e. The van der Waals surface area contributed by atoms with E-state index in [4.69, 9.17) is 9.47 Å². The first kappa shape index (κ1) is 19.0. The standard InChI is InChI=1S/C22H23N3O4/c1-28-18-10-14-8-9-24-22(16-6-4-3-5-7-16,17(14)11-19(18)29-2)12-15-13-23-21(27)25-20(15)26/h3-7,10-11,13,24H,8-9,12H2,1-2H3,(H2,23,25,26,27). The average molecular weight is 393 g/mol. The maximum atomic E-state index is 12.5. The number of H-pyrrole nitrogens is 2. The van der Waals surface area contributed by atoms with Crippen molar-refractivity contribution in [2.45, 2.75) is 18.4 Å². The molecule has 4 rings (SSSR count). The summed E-state index contributed by atoms with van der Waals surface area (Å²) in [6.45, 7) is 0.735. The molecule has 0 saturated heterocycles. The Kier molecular flexibility index (Phi) is 4.98. The molecule has 3 N–H and O–H groups in total. The van der Waals surface area contributed by atoms with Crippen molar-refractivity contribution >= 4 is 0 Å². The lowest BCUT2D eigenvalue weighted by Crippen LogP contribution is -2.50. The number of aromatic amines is 2. The van der Waals surface area contributed by atoms with Gasteiger partial charge in [-0.2, -0.15) is 0 Å². The molecule has 7 heteroatoms. The zero-order valence-electron chi connectivity index (χ0n) is 16.4. The third-order valence-electron chi connectivity index (χ3n) is 5.51. The highest BCUT2D eigenvalue weighted by Gasteiger charge is 2.39. The minimum absolute atomic E-state index is 0.367. The summed E-state index contributed by atoms with van der Waals surface area (Å²) in [7, 11) is 3.23. The van der Waals surface area contributed by atoms with Gasteiger partial charge in [0, 0.05) is 24.7 Å². The lowest BCUT2D eigenvalue weighted by molar-refractivity contribution is 0.342. The monoisotopic (exact) mass is 393 g/mol.